The first-order valence-corrected chi connectivity index (χ1v) is 13.5. The highest BCUT2D eigenvalue weighted by Crippen LogP contribution is 2.70. The monoisotopic (exact) mass is 562 g/mol. The summed E-state index contributed by atoms with van der Waals surface area (Å²) in [5, 5.41) is 20.1. The molecule has 5 rings (SSSR count). The second-order valence-electron chi connectivity index (χ2n) is 11.7. The molecule has 2 saturated carbocycles. The molecular weight excluding hydrogens is 531 g/mol. The zero-order valence-electron chi connectivity index (χ0n) is 22.0. The maximum atomic E-state index is 15.1. The number of ketones is 1. The lowest BCUT2D eigenvalue weighted by Crippen LogP contribution is -2.65. The van der Waals surface area contributed by atoms with Crippen molar-refractivity contribution in [3.05, 3.63) is 76.4 Å². The second kappa shape index (κ2) is 9.79. The molecule has 0 unspecified atom stereocenters. The first-order chi connectivity index (χ1) is 18.7. The molecule has 0 amide bonds. The van der Waals surface area contributed by atoms with Crippen LogP contribution < -0.4 is 0 Å². The summed E-state index contributed by atoms with van der Waals surface area (Å²) in [6.45, 7) is 1.40. The number of aliphatic carboxylic acids is 1. The van der Waals surface area contributed by atoms with Gasteiger partial charge in [0.15, 0.2) is 5.78 Å². The van der Waals surface area contributed by atoms with E-state index in [2.05, 4.69) is 0 Å². The van der Waals surface area contributed by atoms with Crippen molar-refractivity contribution in [2.24, 2.45) is 17.3 Å². The van der Waals surface area contributed by atoms with Crippen molar-refractivity contribution in [3.63, 3.8) is 0 Å². The Kier molecular flexibility index (Phi) is 6.96. The minimum Gasteiger partial charge on any atom is -0.478 e. The molecule has 40 heavy (non-hydrogen) atoms. The summed E-state index contributed by atoms with van der Waals surface area (Å²) in [5.41, 5.74) is -0.486. The van der Waals surface area contributed by atoms with E-state index in [1.807, 2.05) is 0 Å². The third-order valence-electron chi connectivity index (χ3n) is 9.74. The third kappa shape index (κ3) is 4.37. The Morgan fingerprint density at radius 1 is 1.02 bits per heavy atom. The van der Waals surface area contributed by atoms with Gasteiger partial charge in [0.1, 0.15) is 5.60 Å². The Morgan fingerprint density at radius 3 is 2.38 bits per heavy atom. The van der Waals surface area contributed by atoms with Crippen molar-refractivity contribution >= 4 is 17.8 Å². The molecule has 2 fully saturated rings. The fraction of sp³-hybridized carbons (Fsp3) is 0.484. The van der Waals surface area contributed by atoms with Gasteiger partial charge in [-0.15, -0.1) is 0 Å². The molecule has 0 heterocycles. The lowest BCUT2D eigenvalue weighted by atomic mass is 9.50. The number of alkyl halides is 5. The van der Waals surface area contributed by atoms with Crippen molar-refractivity contribution in [1.82, 2.24) is 0 Å². The molecule has 0 bridgehead atoms. The molecule has 1 aromatic carbocycles. The van der Waals surface area contributed by atoms with E-state index in [4.69, 9.17) is 5.11 Å². The molecule has 9 heteroatoms. The first-order valence-electron chi connectivity index (χ1n) is 13.5. The van der Waals surface area contributed by atoms with Crippen LogP contribution in [0.1, 0.15) is 68.9 Å². The number of aliphatic hydroxyl groups is 1. The number of benzene rings is 1. The lowest BCUT2D eigenvalue weighted by Gasteiger charge is -2.56. The Labute approximate surface area is 229 Å². The maximum Gasteiger partial charge on any atom is 0.456 e. The topological polar surface area (TPSA) is 74.6 Å². The average molecular weight is 563 g/mol. The smallest absolute Gasteiger partial charge is 0.456 e. The first kappa shape index (κ1) is 28.5. The van der Waals surface area contributed by atoms with Crippen LogP contribution in [0.4, 0.5) is 22.0 Å². The van der Waals surface area contributed by atoms with Gasteiger partial charge in [0, 0.05) is 23.8 Å². The quantitative estimate of drug-likeness (QED) is 0.227. The van der Waals surface area contributed by atoms with Crippen molar-refractivity contribution in [2.75, 3.05) is 0 Å². The predicted octanol–water partition coefficient (Wildman–Crippen LogP) is 7.17. The molecule has 214 valence electrons. The number of carbonyl (C=O) groups is 2. The number of carboxylic acid groups (broad SMARTS) is 1. The highest BCUT2D eigenvalue weighted by atomic mass is 19.4. The molecular formula is C31H31F5O4. The number of allylic oxidation sites excluding steroid dienone is 6. The highest BCUT2D eigenvalue weighted by molar-refractivity contribution is 5.93. The number of carboxylic acids is 1. The third-order valence-corrected chi connectivity index (χ3v) is 9.74. The van der Waals surface area contributed by atoms with Gasteiger partial charge in [-0.2, -0.15) is 22.0 Å². The molecule has 0 aromatic heterocycles. The number of hydrogen-bond donors (Lipinski definition) is 2. The normalized spacial score (nSPS) is 32.7. The van der Waals surface area contributed by atoms with E-state index in [1.54, 1.807) is 42.5 Å². The minimum atomic E-state index is -5.89. The average Bonchev–Trinajstić information content (AvgIpc) is 3.17. The molecule has 0 saturated heterocycles. The van der Waals surface area contributed by atoms with Gasteiger partial charge in [-0.1, -0.05) is 55.0 Å². The highest BCUT2D eigenvalue weighted by Gasteiger charge is 2.79. The fourth-order valence-corrected chi connectivity index (χ4v) is 7.86. The number of rotatable bonds is 5. The summed E-state index contributed by atoms with van der Waals surface area (Å²) in [6, 6.07) is 7.18. The number of fused-ring (bicyclic) bond motifs is 4. The van der Waals surface area contributed by atoms with Crippen molar-refractivity contribution in [1.29, 1.82) is 0 Å². The maximum absolute atomic E-state index is 15.1. The van der Waals surface area contributed by atoms with E-state index < -0.39 is 47.3 Å². The number of halogens is 5. The van der Waals surface area contributed by atoms with Gasteiger partial charge in [0.25, 0.3) is 0 Å². The zero-order chi connectivity index (χ0) is 29.1. The summed E-state index contributed by atoms with van der Waals surface area (Å²) in [4.78, 5) is 22.8. The largest absolute Gasteiger partial charge is 0.478 e. The van der Waals surface area contributed by atoms with E-state index in [9.17, 15) is 27.9 Å². The van der Waals surface area contributed by atoms with Crippen LogP contribution in [0.5, 0.6) is 0 Å². The van der Waals surface area contributed by atoms with Crippen LogP contribution in [-0.2, 0) is 9.59 Å². The van der Waals surface area contributed by atoms with E-state index in [-0.39, 0.29) is 24.5 Å². The Morgan fingerprint density at radius 2 is 1.73 bits per heavy atom. The van der Waals surface area contributed by atoms with Gasteiger partial charge in [0.05, 0.1) is 0 Å². The summed E-state index contributed by atoms with van der Waals surface area (Å²) < 4.78 is 71.2. The Hall–Kier alpha value is -3.07. The van der Waals surface area contributed by atoms with Crippen molar-refractivity contribution < 1.29 is 41.8 Å². The van der Waals surface area contributed by atoms with Crippen LogP contribution in [-0.4, -0.2) is 39.7 Å². The molecule has 5 atom stereocenters. The lowest BCUT2D eigenvalue weighted by molar-refractivity contribution is -0.362. The summed E-state index contributed by atoms with van der Waals surface area (Å²) in [7, 11) is 0. The van der Waals surface area contributed by atoms with Crippen LogP contribution in [0.3, 0.4) is 0 Å². The van der Waals surface area contributed by atoms with Gasteiger partial charge in [-0.25, -0.2) is 4.79 Å². The standard InChI is InChI=1S/C31H31F5O4/c1-28-17-24(19-8-6-18(7-9-19)4-2-3-5-26(38)39)27-22-13-11-21(37)16-20(22)10-12-23(27)25(28)14-15-29(28,40)30(32,33)31(34,35)36/h2-9,16,23-25,40H,10-15,17H2,1H3,(H,38,39)/t23-,24+,25-,28-,29-/m0/s1. The minimum absolute atomic E-state index is 0.0307. The van der Waals surface area contributed by atoms with Crippen molar-refractivity contribution in [3.8, 4) is 0 Å². The van der Waals surface area contributed by atoms with E-state index in [0.29, 0.717) is 25.7 Å². The number of hydrogen-bond acceptors (Lipinski definition) is 3. The van der Waals surface area contributed by atoms with E-state index in [1.165, 1.54) is 13.0 Å². The summed E-state index contributed by atoms with van der Waals surface area (Å²) in [5.74, 6) is -7.65. The van der Waals surface area contributed by atoms with E-state index in [0.717, 1.165) is 33.9 Å². The number of carbonyl (C=O) groups excluding carboxylic acids is 1. The van der Waals surface area contributed by atoms with Crippen LogP contribution in [0.15, 0.2) is 65.3 Å². The Bertz CT molecular complexity index is 1340. The van der Waals surface area contributed by atoms with Crippen molar-refractivity contribution in [2.45, 2.75) is 75.5 Å². The molecule has 0 radical (unpaired) electrons. The molecule has 4 nitrogen and oxygen atoms in total. The van der Waals surface area contributed by atoms with Crippen LogP contribution >= 0.6 is 0 Å². The SMILES string of the molecule is C[C@]12C[C@H](c3ccc(C=CC=CC(=O)O)cc3)C3=C4CCC(=O)C=C4CC[C@H]3[C@@H]1CC[C@@]2(O)C(F)(F)C(F)(F)F. The van der Waals surface area contributed by atoms with Crippen LogP contribution in [0, 0.1) is 17.3 Å². The van der Waals surface area contributed by atoms with Gasteiger partial charge in [-0.3, -0.25) is 4.79 Å². The molecule has 0 spiro atoms. The van der Waals surface area contributed by atoms with Gasteiger partial charge in [-0.05, 0) is 78.7 Å². The summed E-state index contributed by atoms with van der Waals surface area (Å²) >= 11 is 0. The van der Waals surface area contributed by atoms with Gasteiger partial charge < -0.3 is 10.2 Å². The fourth-order valence-electron chi connectivity index (χ4n) is 7.86. The molecule has 4 aliphatic rings. The summed E-state index contributed by atoms with van der Waals surface area (Å²) in [6.07, 6.45) is 2.64. The molecule has 2 N–H and O–H groups in total. The van der Waals surface area contributed by atoms with E-state index >= 15 is 8.78 Å². The Balaban J connectivity index is 1.60. The predicted molar refractivity (Wildman–Crippen MR) is 138 cm³/mol. The second-order valence-corrected chi connectivity index (χ2v) is 11.7. The van der Waals surface area contributed by atoms with Gasteiger partial charge >= 0.3 is 18.1 Å². The molecule has 1 aromatic rings. The van der Waals surface area contributed by atoms with Crippen LogP contribution in [0.2, 0.25) is 0 Å². The zero-order valence-corrected chi connectivity index (χ0v) is 22.0. The molecule has 4 aliphatic carbocycles. The molecule has 0 aliphatic heterocycles. The van der Waals surface area contributed by atoms with Crippen LogP contribution in [0.25, 0.3) is 6.08 Å². The van der Waals surface area contributed by atoms with Gasteiger partial charge in [0.2, 0.25) is 0 Å².